The fourth-order valence-corrected chi connectivity index (χ4v) is 2.09. The summed E-state index contributed by atoms with van der Waals surface area (Å²) in [5, 5.41) is 15.9. The topological polar surface area (TPSA) is 93.5 Å². The van der Waals surface area contributed by atoms with E-state index in [2.05, 4.69) is 10.6 Å². The second-order valence-electron chi connectivity index (χ2n) is 4.61. The van der Waals surface area contributed by atoms with Crippen molar-refractivity contribution in [2.24, 2.45) is 0 Å². The molecule has 108 valence electrons. The molecular formula is C13H17N3O4. The second kappa shape index (κ2) is 6.85. The van der Waals surface area contributed by atoms with Crippen LogP contribution in [0.4, 0.5) is 16.2 Å². The fourth-order valence-electron chi connectivity index (χ4n) is 2.09. The molecule has 1 unspecified atom stereocenters. The number of nitro benzene ring substituents is 1. The van der Waals surface area contributed by atoms with E-state index in [9.17, 15) is 14.9 Å². The molecule has 1 aliphatic heterocycles. The number of amides is 2. The highest BCUT2D eigenvalue weighted by molar-refractivity contribution is 5.89. The third kappa shape index (κ3) is 4.20. The molecule has 7 heteroatoms. The molecule has 1 aliphatic rings. The third-order valence-electron chi connectivity index (χ3n) is 3.09. The maximum absolute atomic E-state index is 11.6. The Kier molecular flexibility index (Phi) is 4.89. The van der Waals surface area contributed by atoms with Crippen LogP contribution in [0.3, 0.4) is 0 Å². The van der Waals surface area contributed by atoms with Crippen molar-refractivity contribution in [1.82, 2.24) is 5.32 Å². The van der Waals surface area contributed by atoms with Crippen molar-refractivity contribution >= 4 is 17.4 Å². The van der Waals surface area contributed by atoms with E-state index >= 15 is 0 Å². The lowest BCUT2D eigenvalue weighted by molar-refractivity contribution is -0.384. The van der Waals surface area contributed by atoms with E-state index in [1.807, 2.05) is 0 Å². The van der Waals surface area contributed by atoms with Gasteiger partial charge in [0.1, 0.15) is 0 Å². The van der Waals surface area contributed by atoms with Crippen molar-refractivity contribution < 1.29 is 14.5 Å². The van der Waals surface area contributed by atoms with Gasteiger partial charge in [0, 0.05) is 31.0 Å². The Hall–Kier alpha value is -2.15. The largest absolute Gasteiger partial charge is 0.378 e. The molecule has 1 fully saturated rings. The van der Waals surface area contributed by atoms with Crippen LogP contribution in [0, 0.1) is 10.1 Å². The average molecular weight is 279 g/mol. The first-order valence-corrected chi connectivity index (χ1v) is 6.56. The minimum atomic E-state index is -0.499. The smallest absolute Gasteiger partial charge is 0.319 e. The molecule has 0 aromatic heterocycles. The molecule has 0 bridgehead atoms. The van der Waals surface area contributed by atoms with E-state index < -0.39 is 4.92 Å². The van der Waals surface area contributed by atoms with Crippen LogP contribution in [0.1, 0.15) is 19.3 Å². The molecular weight excluding hydrogens is 262 g/mol. The van der Waals surface area contributed by atoms with Crippen LogP contribution in [0.25, 0.3) is 0 Å². The number of rotatable bonds is 5. The van der Waals surface area contributed by atoms with E-state index in [-0.39, 0.29) is 17.8 Å². The molecule has 7 nitrogen and oxygen atoms in total. The van der Waals surface area contributed by atoms with Crippen molar-refractivity contribution in [3.8, 4) is 0 Å². The predicted molar refractivity (Wildman–Crippen MR) is 73.7 cm³/mol. The second-order valence-corrected chi connectivity index (χ2v) is 4.61. The van der Waals surface area contributed by atoms with Gasteiger partial charge in [0.2, 0.25) is 0 Å². The van der Waals surface area contributed by atoms with Crippen LogP contribution in [0.5, 0.6) is 0 Å². The molecule has 0 saturated carbocycles. The van der Waals surface area contributed by atoms with Gasteiger partial charge in [-0.2, -0.15) is 0 Å². The van der Waals surface area contributed by atoms with Gasteiger partial charge in [-0.15, -0.1) is 0 Å². The number of carbonyl (C=O) groups is 1. The standard InChI is InChI=1S/C13H17N3O4/c17-13(14-7-6-12-5-2-8-20-12)15-10-3-1-4-11(9-10)16(18)19/h1,3-4,9,12H,2,5-8H2,(H2,14,15,17). The van der Waals surface area contributed by atoms with Crippen molar-refractivity contribution in [3.05, 3.63) is 34.4 Å². The summed E-state index contributed by atoms with van der Waals surface area (Å²) in [6.07, 6.45) is 3.12. The quantitative estimate of drug-likeness (QED) is 0.638. The van der Waals surface area contributed by atoms with Crippen LogP contribution in [-0.2, 0) is 4.74 Å². The summed E-state index contributed by atoms with van der Waals surface area (Å²) >= 11 is 0. The average Bonchev–Trinajstić information content (AvgIpc) is 2.92. The van der Waals surface area contributed by atoms with Gasteiger partial charge >= 0.3 is 6.03 Å². The molecule has 1 heterocycles. The molecule has 2 rings (SSSR count). The van der Waals surface area contributed by atoms with Crippen molar-refractivity contribution in [2.75, 3.05) is 18.5 Å². The lowest BCUT2D eigenvalue weighted by Gasteiger charge is -2.10. The van der Waals surface area contributed by atoms with Crippen LogP contribution in [0.15, 0.2) is 24.3 Å². The van der Waals surface area contributed by atoms with Gasteiger partial charge < -0.3 is 15.4 Å². The minimum Gasteiger partial charge on any atom is -0.378 e. The first-order chi connectivity index (χ1) is 9.65. The summed E-state index contributed by atoms with van der Waals surface area (Å²) in [7, 11) is 0. The van der Waals surface area contributed by atoms with Gasteiger partial charge in [-0.05, 0) is 25.3 Å². The van der Waals surface area contributed by atoms with Gasteiger partial charge in [0.25, 0.3) is 5.69 Å². The summed E-state index contributed by atoms with van der Waals surface area (Å²) in [5.41, 5.74) is 0.343. The lowest BCUT2D eigenvalue weighted by atomic mass is 10.2. The number of non-ortho nitro benzene ring substituents is 1. The highest BCUT2D eigenvalue weighted by Gasteiger charge is 2.15. The van der Waals surface area contributed by atoms with E-state index in [0.717, 1.165) is 25.9 Å². The predicted octanol–water partition coefficient (Wildman–Crippen LogP) is 2.29. The number of urea groups is 1. The van der Waals surface area contributed by atoms with Gasteiger partial charge in [-0.1, -0.05) is 6.07 Å². The number of anilines is 1. The molecule has 2 N–H and O–H groups in total. The first kappa shape index (κ1) is 14.3. The summed E-state index contributed by atoms with van der Waals surface area (Å²) in [6.45, 7) is 1.32. The third-order valence-corrected chi connectivity index (χ3v) is 3.09. The molecule has 1 aromatic carbocycles. The fraction of sp³-hybridized carbons (Fsp3) is 0.462. The zero-order valence-corrected chi connectivity index (χ0v) is 11.0. The minimum absolute atomic E-state index is 0.0536. The van der Waals surface area contributed by atoms with E-state index in [0.29, 0.717) is 12.2 Å². The summed E-state index contributed by atoms with van der Waals surface area (Å²) < 4.78 is 5.45. The Balaban J connectivity index is 1.76. The molecule has 2 amide bonds. The number of hydrogen-bond acceptors (Lipinski definition) is 4. The highest BCUT2D eigenvalue weighted by Crippen LogP contribution is 2.17. The van der Waals surface area contributed by atoms with Crippen molar-refractivity contribution in [2.45, 2.75) is 25.4 Å². The zero-order chi connectivity index (χ0) is 14.4. The van der Waals surface area contributed by atoms with Crippen molar-refractivity contribution in [1.29, 1.82) is 0 Å². The van der Waals surface area contributed by atoms with Crippen LogP contribution in [-0.4, -0.2) is 30.2 Å². The summed E-state index contributed by atoms with van der Waals surface area (Å²) in [4.78, 5) is 21.8. The maximum atomic E-state index is 11.6. The van der Waals surface area contributed by atoms with Gasteiger partial charge in [0.05, 0.1) is 11.0 Å². The number of carbonyl (C=O) groups excluding carboxylic acids is 1. The highest BCUT2D eigenvalue weighted by atomic mass is 16.6. The van der Waals surface area contributed by atoms with Crippen LogP contribution in [0.2, 0.25) is 0 Å². The van der Waals surface area contributed by atoms with Crippen LogP contribution < -0.4 is 10.6 Å². The van der Waals surface area contributed by atoms with Gasteiger partial charge in [-0.25, -0.2) is 4.79 Å². The Labute approximate surface area is 116 Å². The SMILES string of the molecule is O=C(NCCC1CCCO1)Nc1cccc([N+](=O)[O-])c1. The first-order valence-electron chi connectivity index (χ1n) is 6.56. The molecule has 0 spiro atoms. The zero-order valence-electron chi connectivity index (χ0n) is 11.0. The summed E-state index contributed by atoms with van der Waals surface area (Å²) in [5.74, 6) is 0. The molecule has 1 saturated heterocycles. The van der Waals surface area contributed by atoms with Gasteiger partial charge in [-0.3, -0.25) is 10.1 Å². The number of nitro groups is 1. The summed E-state index contributed by atoms with van der Waals surface area (Å²) in [6, 6.07) is 5.45. The van der Waals surface area contributed by atoms with E-state index in [1.165, 1.54) is 18.2 Å². The number of ether oxygens (including phenoxy) is 1. The Bertz CT molecular complexity index is 486. The molecule has 20 heavy (non-hydrogen) atoms. The van der Waals surface area contributed by atoms with Gasteiger partial charge in [0.15, 0.2) is 0 Å². The van der Waals surface area contributed by atoms with Crippen LogP contribution >= 0.6 is 0 Å². The lowest BCUT2D eigenvalue weighted by Crippen LogP contribution is -2.31. The van der Waals surface area contributed by atoms with Crippen molar-refractivity contribution in [3.63, 3.8) is 0 Å². The van der Waals surface area contributed by atoms with E-state index in [4.69, 9.17) is 4.74 Å². The number of benzene rings is 1. The number of nitrogens with one attached hydrogen (secondary N) is 2. The molecule has 1 atom stereocenters. The normalized spacial score (nSPS) is 17.7. The number of hydrogen-bond donors (Lipinski definition) is 2. The maximum Gasteiger partial charge on any atom is 0.319 e. The molecule has 0 radical (unpaired) electrons. The van der Waals surface area contributed by atoms with E-state index in [1.54, 1.807) is 6.07 Å². The molecule has 1 aromatic rings. The molecule has 0 aliphatic carbocycles. The number of nitrogens with zero attached hydrogens (tertiary/aromatic N) is 1. The Morgan fingerprint density at radius 3 is 3.05 bits per heavy atom. The Morgan fingerprint density at radius 1 is 1.50 bits per heavy atom. The monoisotopic (exact) mass is 279 g/mol. The Morgan fingerprint density at radius 2 is 2.35 bits per heavy atom.